The summed E-state index contributed by atoms with van der Waals surface area (Å²) in [6.07, 6.45) is 6.64. The number of nitrogens with zero attached hydrogens (tertiary/aromatic N) is 3. The van der Waals surface area contributed by atoms with Gasteiger partial charge < -0.3 is 48.8 Å². The number of allylic oxidation sites excluding steroid dienone is 1. The maximum absolute atomic E-state index is 14.7. The lowest BCUT2D eigenvalue weighted by molar-refractivity contribution is -0.384. The molecule has 2 heterocycles. The van der Waals surface area contributed by atoms with Gasteiger partial charge in [-0.2, -0.15) is 0 Å². The van der Waals surface area contributed by atoms with E-state index < -0.39 is 40.8 Å². The topological polar surface area (TPSA) is 210 Å². The molecular formula is C53H60N4O13. The van der Waals surface area contributed by atoms with Gasteiger partial charge in [-0.15, -0.1) is 6.58 Å². The number of non-ortho nitro benzene ring substituents is 1. The number of nitrogens with one attached hydrogen (secondary N) is 1. The van der Waals surface area contributed by atoms with Gasteiger partial charge in [0.25, 0.3) is 5.69 Å². The molecule has 4 aromatic carbocycles. The number of nitro groups is 1. The van der Waals surface area contributed by atoms with Crippen molar-refractivity contribution in [2.75, 3.05) is 33.2 Å². The van der Waals surface area contributed by atoms with E-state index in [1.165, 1.54) is 12.1 Å². The van der Waals surface area contributed by atoms with Crippen LogP contribution in [0.4, 0.5) is 15.3 Å². The molecule has 17 heteroatoms. The van der Waals surface area contributed by atoms with E-state index in [1.807, 2.05) is 48.5 Å². The maximum Gasteiger partial charge on any atom is 0.412 e. The molecule has 0 saturated heterocycles. The number of nitro benzene ring substituents is 1. The molecule has 370 valence electrons. The van der Waals surface area contributed by atoms with Crippen molar-refractivity contribution >= 4 is 23.6 Å². The van der Waals surface area contributed by atoms with E-state index in [4.69, 9.17) is 38.4 Å². The van der Waals surface area contributed by atoms with Gasteiger partial charge in [-0.05, 0) is 109 Å². The highest BCUT2D eigenvalue weighted by Crippen LogP contribution is 2.62. The van der Waals surface area contributed by atoms with Crippen molar-refractivity contribution in [1.29, 1.82) is 0 Å². The third-order valence-electron chi connectivity index (χ3n) is 13.4. The standard InChI is InChI=1S/C53H60N4O13/c1-3-26-67-53-48(56(52(61)64-4-2)32-37-18-22-46-47(27-37)66-34-65-46)30-44(55-68-33-36-16-19-39(20-17-36)57(62)63)42-28-38(14-8-10-24-58)41(15-9-11-25-59)49(50(42)53)43-29-40(21-23-45(43)70-53)69-51(60)54-31-35-12-6-5-7-13-35/h3,5-7,12-13,16-23,27-29,38,41,48-50,58-59H,1,4,8-11,14-15,24-26,30-34H2,2H3,(H,54,60)/t38-,41+,48-,49+,50+,53+/m0/s1. The van der Waals surface area contributed by atoms with Crippen molar-refractivity contribution in [2.45, 2.75) is 89.3 Å². The van der Waals surface area contributed by atoms with Gasteiger partial charge in [0.2, 0.25) is 12.6 Å². The lowest BCUT2D eigenvalue weighted by Gasteiger charge is -2.59. The number of aliphatic hydroxyl groups excluding tert-OH is 2. The van der Waals surface area contributed by atoms with Crippen LogP contribution in [0.1, 0.15) is 80.0 Å². The van der Waals surface area contributed by atoms with Gasteiger partial charge >= 0.3 is 12.2 Å². The number of hydrogen-bond acceptors (Lipinski definition) is 14. The Kier molecular flexibility index (Phi) is 16.3. The fourth-order valence-corrected chi connectivity index (χ4v) is 10.3. The highest BCUT2D eigenvalue weighted by atomic mass is 16.7. The molecule has 70 heavy (non-hydrogen) atoms. The van der Waals surface area contributed by atoms with Crippen molar-refractivity contribution < 1.29 is 58.0 Å². The molecule has 4 aliphatic rings. The molecule has 2 aliphatic carbocycles. The van der Waals surface area contributed by atoms with Crippen LogP contribution in [0.3, 0.4) is 0 Å². The lowest BCUT2D eigenvalue weighted by Crippen LogP contribution is -2.70. The Labute approximate surface area is 406 Å². The summed E-state index contributed by atoms with van der Waals surface area (Å²) < 4.78 is 37.6. The van der Waals surface area contributed by atoms with Crippen LogP contribution in [0.2, 0.25) is 0 Å². The molecule has 6 atom stereocenters. The van der Waals surface area contributed by atoms with Crippen LogP contribution in [-0.2, 0) is 34.0 Å². The third-order valence-corrected chi connectivity index (χ3v) is 13.4. The Bertz CT molecular complexity index is 2540. The number of fused-ring (bicyclic) bond motifs is 3. The number of carbonyl (C=O) groups excluding carboxylic acids is 2. The molecule has 0 unspecified atom stereocenters. The van der Waals surface area contributed by atoms with Crippen LogP contribution in [0.5, 0.6) is 23.0 Å². The fraction of sp³-hybridized carbons (Fsp3) is 0.415. The minimum Gasteiger partial charge on any atom is -0.459 e. The Balaban J connectivity index is 1.29. The SMILES string of the molecule is C=CCO[C@@]12Oc3ccc(OC(=O)NCc4ccccc4)cc3[C@H]3[C@H](CCCCO)[C@@H](CCCCO)C=C(C(=NOCc4ccc([N+](=O)[O-])cc4)C[C@@H]1N(Cc1ccc4c(c1)OCO4)C(=O)OCC)[C@H]32. The maximum atomic E-state index is 14.7. The Morgan fingerprint density at radius 2 is 1.67 bits per heavy atom. The zero-order chi connectivity index (χ0) is 49.0. The first-order chi connectivity index (χ1) is 34.2. The fourth-order valence-electron chi connectivity index (χ4n) is 10.3. The van der Waals surface area contributed by atoms with Crippen LogP contribution in [0.25, 0.3) is 0 Å². The molecule has 0 radical (unpaired) electrons. The second-order valence-corrected chi connectivity index (χ2v) is 17.7. The normalized spacial score (nSPS) is 22.1. The molecule has 0 spiro atoms. The number of rotatable bonds is 22. The van der Waals surface area contributed by atoms with Gasteiger partial charge in [0.1, 0.15) is 24.1 Å². The van der Waals surface area contributed by atoms with E-state index >= 15 is 0 Å². The number of ether oxygens (including phenoxy) is 6. The van der Waals surface area contributed by atoms with Gasteiger partial charge in [0.05, 0.1) is 29.8 Å². The van der Waals surface area contributed by atoms with Crippen LogP contribution in [-0.4, -0.2) is 83.0 Å². The summed E-state index contributed by atoms with van der Waals surface area (Å²) in [5.41, 5.74) is 4.30. The third kappa shape index (κ3) is 11.1. The monoisotopic (exact) mass is 960 g/mol. The molecule has 2 aliphatic heterocycles. The average molecular weight is 961 g/mol. The molecule has 17 nitrogen and oxygen atoms in total. The van der Waals surface area contributed by atoms with Crippen molar-refractivity contribution in [3.63, 3.8) is 0 Å². The second kappa shape index (κ2) is 23.1. The zero-order valence-corrected chi connectivity index (χ0v) is 39.2. The largest absolute Gasteiger partial charge is 0.459 e. The van der Waals surface area contributed by atoms with Crippen molar-refractivity contribution in [3.05, 3.63) is 148 Å². The number of amides is 2. The van der Waals surface area contributed by atoms with Crippen LogP contribution >= 0.6 is 0 Å². The van der Waals surface area contributed by atoms with E-state index in [1.54, 1.807) is 48.2 Å². The molecule has 1 saturated carbocycles. The van der Waals surface area contributed by atoms with Gasteiger partial charge in [-0.25, -0.2) is 9.59 Å². The van der Waals surface area contributed by atoms with E-state index in [-0.39, 0.29) is 82.6 Å². The van der Waals surface area contributed by atoms with E-state index in [0.717, 1.165) is 28.7 Å². The minimum atomic E-state index is -1.61. The van der Waals surface area contributed by atoms with E-state index in [0.29, 0.717) is 60.6 Å². The zero-order valence-electron chi connectivity index (χ0n) is 39.2. The smallest absolute Gasteiger partial charge is 0.412 e. The molecule has 0 bridgehead atoms. The predicted molar refractivity (Wildman–Crippen MR) is 257 cm³/mol. The lowest BCUT2D eigenvalue weighted by atomic mass is 9.55. The molecule has 2 amide bonds. The summed E-state index contributed by atoms with van der Waals surface area (Å²) in [6.45, 7) is 6.26. The van der Waals surface area contributed by atoms with Crippen molar-refractivity contribution in [2.24, 2.45) is 22.9 Å². The number of hydrogen-bond donors (Lipinski definition) is 3. The summed E-state index contributed by atoms with van der Waals surface area (Å²) in [4.78, 5) is 46.8. The summed E-state index contributed by atoms with van der Waals surface area (Å²) in [5.74, 6) is -1.01. The first-order valence-electron chi connectivity index (χ1n) is 23.9. The van der Waals surface area contributed by atoms with Gasteiger partial charge in [0.15, 0.2) is 11.5 Å². The van der Waals surface area contributed by atoms with Gasteiger partial charge in [-0.1, -0.05) is 66.5 Å². The molecule has 3 N–H and O–H groups in total. The van der Waals surface area contributed by atoms with Crippen molar-refractivity contribution in [3.8, 4) is 23.0 Å². The van der Waals surface area contributed by atoms with E-state index in [9.17, 15) is 29.9 Å². The number of carbonyl (C=O) groups is 2. The van der Waals surface area contributed by atoms with Crippen LogP contribution in [0, 0.1) is 27.9 Å². The predicted octanol–water partition coefficient (Wildman–Crippen LogP) is 9.10. The Hall–Kier alpha value is -6.95. The first-order valence-corrected chi connectivity index (χ1v) is 23.9. The number of aliphatic hydroxyl groups is 2. The van der Waals surface area contributed by atoms with Gasteiger partial charge in [0, 0.05) is 56.3 Å². The van der Waals surface area contributed by atoms with Gasteiger partial charge in [-0.3, -0.25) is 15.0 Å². The molecule has 4 aromatic rings. The first kappa shape index (κ1) is 49.5. The average Bonchev–Trinajstić information content (AvgIpc) is 3.84. The Morgan fingerprint density at radius 1 is 0.929 bits per heavy atom. The summed E-state index contributed by atoms with van der Waals surface area (Å²) in [7, 11) is 0. The molecule has 0 aromatic heterocycles. The Morgan fingerprint density at radius 3 is 2.41 bits per heavy atom. The number of unbranched alkanes of at least 4 members (excludes halogenated alkanes) is 2. The minimum absolute atomic E-state index is 0.0125. The highest BCUT2D eigenvalue weighted by Gasteiger charge is 2.65. The summed E-state index contributed by atoms with van der Waals surface area (Å²) >= 11 is 0. The highest BCUT2D eigenvalue weighted by molar-refractivity contribution is 6.03. The molecular weight excluding hydrogens is 901 g/mol. The second-order valence-electron chi connectivity index (χ2n) is 17.7. The molecule has 8 rings (SSSR count). The number of oxime groups is 1. The van der Waals surface area contributed by atoms with E-state index in [2.05, 4.69) is 18.0 Å². The quantitative estimate of drug-likeness (QED) is 0.0291. The van der Waals surface area contributed by atoms with Crippen molar-refractivity contribution in [1.82, 2.24) is 10.2 Å². The van der Waals surface area contributed by atoms with Crippen LogP contribution in [0.15, 0.2) is 120 Å². The summed E-state index contributed by atoms with van der Waals surface area (Å²) in [5, 5.41) is 39.1. The number of benzene rings is 4. The molecule has 1 fully saturated rings. The summed E-state index contributed by atoms with van der Waals surface area (Å²) in [6, 6.07) is 25.4. The van der Waals surface area contributed by atoms with Crippen LogP contribution < -0.4 is 24.3 Å².